The first kappa shape index (κ1) is 17.5. The van der Waals surface area contributed by atoms with E-state index in [1.54, 1.807) is 30.3 Å². The predicted molar refractivity (Wildman–Crippen MR) is 96.2 cm³/mol. The quantitative estimate of drug-likeness (QED) is 0.755. The van der Waals surface area contributed by atoms with Gasteiger partial charge in [0.25, 0.3) is 0 Å². The lowest BCUT2D eigenvalue weighted by molar-refractivity contribution is 0.522. The summed E-state index contributed by atoms with van der Waals surface area (Å²) in [5.41, 5.74) is 2.12. The Kier molecular flexibility index (Phi) is 5.10. The minimum absolute atomic E-state index is 0.258. The van der Waals surface area contributed by atoms with E-state index in [-0.39, 0.29) is 10.3 Å². The molecule has 0 atom stereocenters. The molecule has 0 aromatic heterocycles. The van der Waals surface area contributed by atoms with E-state index in [1.165, 1.54) is 5.56 Å². The lowest BCUT2D eigenvalue weighted by Crippen LogP contribution is -2.20. The van der Waals surface area contributed by atoms with Crippen LogP contribution in [0.2, 0.25) is 0 Å². The highest BCUT2D eigenvalue weighted by atomic mass is 32.2. The third kappa shape index (κ3) is 3.91. The standard InChI is InChI=1S/C20H24O2S/c1-5-17-11-13-18(14-12-17)20(3,4)15-16(2)23(21,22)19-9-7-6-8-10-19/h6-14H,2,5,15H2,1,3-4H3. The van der Waals surface area contributed by atoms with Gasteiger partial charge in [0, 0.05) is 4.91 Å². The van der Waals surface area contributed by atoms with Gasteiger partial charge in [0.2, 0.25) is 9.84 Å². The molecule has 2 nitrogen and oxygen atoms in total. The molecule has 0 amide bonds. The van der Waals surface area contributed by atoms with E-state index in [2.05, 4.69) is 51.6 Å². The fourth-order valence-electron chi connectivity index (χ4n) is 2.65. The second-order valence-corrected chi connectivity index (χ2v) is 8.52. The van der Waals surface area contributed by atoms with Crippen LogP contribution in [0.15, 0.2) is 71.0 Å². The molecule has 0 heterocycles. The zero-order chi connectivity index (χ0) is 17.1. The van der Waals surface area contributed by atoms with E-state index >= 15 is 0 Å². The van der Waals surface area contributed by atoms with Gasteiger partial charge in [-0.3, -0.25) is 0 Å². The topological polar surface area (TPSA) is 34.1 Å². The first-order valence-electron chi connectivity index (χ1n) is 7.84. The molecule has 0 aliphatic rings. The summed E-state index contributed by atoms with van der Waals surface area (Å²) in [5, 5.41) is 0. The minimum Gasteiger partial charge on any atom is -0.219 e. The van der Waals surface area contributed by atoms with Crippen LogP contribution in [0.5, 0.6) is 0 Å². The Hall–Kier alpha value is -1.87. The summed E-state index contributed by atoms with van der Waals surface area (Å²) in [6, 6.07) is 16.9. The summed E-state index contributed by atoms with van der Waals surface area (Å²) in [6.07, 6.45) is 1.39. The zero-order valence-corrected chi connectivity index (χ0v) is 14.9. The molecule has 0 aliphatic carbocycles. The molecule has 0 fully saturated rings. The maximum Gasteiger partial charge on any atom is 0.202 e. The Bertz CT molecular complexity index is 770. The van der Waals surface area contributed by atoms with Gasteiger partial charge in [-0.2, -0.15) is 0 Å². The SMILES string of the molecule is C=C(CC(C)(C)c1ccc(CC)cc1)S(=O)(=O)c1ccccc1. The smallest absolute Gasteiger partial charge is 0.202 e. The summed E-state index contributed by atoms with van der Waals surface area (Å²) >= 11 is 0. The Morgan fingerprint density at radius 2 is 1.57 bits per heavy atom. The van der Waals surface area contributed by atoms with Crippen molar-refractivity contribution in [3.63, 3.8) is 0 Å². The lowest BCUT2D eigenvalue weighted by Gasteiger charge is -2.26. The van der Waals surface area contributed by atoms with Crippen molar-refractivity contribution in [1.29, 1.82) is 0 Å². The van der Waals surface area contributed by atoms with E-state index in [0.717, 1.165) is 12.0 Å². The molecule has 0 spiro atoms. The molecular formula is C20H24O2S. The van der Waals surface area contributed by atoms with Gasteiger partial charge in [-0.15, -0.1) is 0 Å². The second-order valence-electron chi connectivity index (χ2n) is 6.47. The highest BCUT2D eigenvalue weighted by Crippen LogP contribution is 2.33. The molecule has 122 valence electrons. The number of aryl methyl sites for hydroxylation is 1. The molecule has 0 radical (unpaired) electrons. The molecule has 0 N–H and O–H groups in total. The van der Waals surface area contributed by atoms with Crippen LogP contribution in [0.25, 0.3) is 0 Å². The van der Waals surface area contributed by atoms with Crippen molar-refractivity contribution in [3.8, 4) is 0 Å². The largest absolute Gasteiger partial charge is 0.219 e. The molecule has 2 rings (SSSR count). The first-order valence-corrected chi connectivity index (χ1v) is 9.33. The first-order chi connectivity index (χ1) is 10.8. The van der Waals surface area contributed by atoms with E-state index in [4.69, 9.17) is 0 Å². The maximum absolute atomic E-state index is 12.6. The predicted octanol–water partition coefficient (Wildman–Crippen LogP) is 4.90. The van der Waals surface area contributed by atoms with Crippen molar-refractivity contribution in [1.82, 2.24) is 0 Å². The summed E-state index contributed by atoms with van der Waals surface area (Å²) in [5.74, 6) is 0. The van der Waals surface area contributed by atoms with Crippen LogP contribution in [0, 0.1) is 0 Å². The molecule has 2 aromatic carbocycles. The van der Waals surface area contributed by atoms with Gasteiger partial charge in [-0.05, 0) is 41.5 Å². The van der Waals surface area contributed by atoms with Crippen molar-refractivity contribution >= 4 is 9.84 Å². The highest BCUT2D eigenvalue weighted by molar-refractivity contribution is 7.95. The highest BCUT2D eigenvalue weighted by Gasteiger charge is 2.28. The maximum atomic E-state index is 12.6. The lowest BCUT2D eigenvalue weighted by atomic mass is 9.81. The average molecular weight is 328 g/mol. The molecule has 23 heavy (non-hydrogen) atoms. The monoisotopic (exact) mass is 328 g/mol. The Morgan fingerprint density at radius 1 is 1.00 bits per heavy atom. The molecule has 0 bridgehead atoms. The summed E-state index contributed by atoms with van der Waals surface area (Å²) in [6.45, 7) is 10.1. The van der Waals surface area contributed by atoms with Crippen molar-refractivity contribution < 1.29 is 8.42 Å². The second kappa shape index (κ2) is 6.71. The van der Waals surface area contributed by atoms with Gasteiger partial charge >= 0.3 is 0 Å². The van der Waals surface area contributed by atoms with Crippen molar-refractivity contribution in [2.75, 3.05) is 0 Å². The molecule has 0 saturated carbocycles. The number of allylic oxidation sites excluding steroid dienone is 1. The van der Waals surface area contributed by atoms with Crippen molar-refractivity contribution in [3.05, 3.63) is 77.2 Å². The van der Waals surface area contributed by atoms with Crippen LogP contribution in [-0.4, -0.2) is 8.42 Å². The van der Waals surface area contributed by atoms with Crippen LogP contribution in [0.1, 0.15) is 38.3 Å². The van der Waals surface area contributed by atoms with Gasteiger partial charge in [-0.1, -0.05) is 69.8 Å². The van der Waals surface area contributed by atoms with Gasteiger partial charge in [-0.25, -0.2) is 8.42 Å². The van der Waals surface area contributed by atoms with E-state index < -0.39 is 9.84 Å². The average Bonchev–Trinajstić information content (AvgIpc) is 2.55. The molecule has 0 saturated heterocycles. The third-order valence-corrected chi connectivity index (χ3v) is 6.01. The molecular weight excluding hydrogens is 304 g/mol. The van der Waals surface area contributed by atoms with E-state index in [9.17, 15) is 8.42 Å². The Labute approximate surface area is 139 Å². The Morgan fingerprint density at radius 3 is 2.09 bits per heavy atom. The number of sulfone groups is 1. The van der Waals surface area contributed by atoms with Crippen LogP contribution in [0.3, 0.4) is 0 Å². The van der Waals surface area contributed by atoms with Gasteiger partial charge in [0.05, 0.1) is 4.90 Å². The van der Waals surface area contributed by atoms with E-state index in [1.807, 2.05) is 0 Å². The molecule has 3 heteroatoms. The molecule has 2 aromatic rings. The summed E-state index contributed by atoms with van der Waals surface area (Å²) < 4.78 is 25.3. The zero-order valence-electron chi connectivity index (χ0n) is 14.0. The number of hydrogen-bond donors (Lipinski definition) is 0. The Balaban J connectivity index is 2.24. The van der Waals surface area contributed by atoms with Gasteiger partial charge in [0.1, 0.15) is 0 Å². The summed E-state index contributed by atoms with van der Waals surface area (Å²) in [4.78, 5) is 0.565. The molecule has 0 aliphatic heterocycles. The third-order valence-electron chi connectivity index (χ3n) is 4.22. The van der Waals surface area contributed by atoms with Crippen molar-refractivity contribution in [2.45, 2.75) is 43.9 Å². The summed E-state index contributed by atoms with van der Waals surface area (Å²) in [7, 11) is -3.49. The minimum atomic E-state index is -3.49. The number of hydrogen-bond acceptors (Lipinski definition) is 2. The normalized spacial score (nSPS) is 12.1. The number of benzene rings is 2. The fraction of sp³-hybridized carbons (Fsp3) is 0.300. The van der Waals surface area contributed by atoms with Crippen LogP contribution >= 0.6 is 0 Å². The van der Waals surface area contributed by atoms with E-state index in [0.29, 0.717) is 11.3 Å². The van der Waals surface area contributed by atoms with Crippen LogP contribution in [-0.2, 0) is 21.7 Å². The fourth-order valence-corrected chi connectivity index (χ4v) is 4.05. The van der Waals surface area contributed by atoms with Gasteiger partial charge < -0.3 is 0 Å². The van der Waals surface area contributed by atoms with Gasteiger partial charge in [0.15, 0.2) is 0 Å². The van der Waals surface area contributed by atoms with Crippen molar-refractivity contribution in [2.24, 2.45) is 0 Å². The van der Waals surface area contributed by atoms with Crippen LogP contribution < -0.4 is 0 Å². The molecule has 0 unspecified atom stereocenters. The number of rotatable bonds is 6. The van der Waals surface area contributed by atoms with Crippen LogP contribution in [0.4, 0.5) is 0 Å².